The second-order valence-electron chi connectivity index (χ2n) is 11.3. The molecule has 2 aromatic rings. The molecule has 156 valence electrons. The van der Waals surface area contributed by atoms with Crippen molar-refractivity contribution in [2.75, 3.05) is 0 Å². The van der Waals surface area contributed by atoms with E-state index in [1.54, 1.807) is 17.6 Å². The average Bonchev–Trinajstić information content (AvgIpc) is 3.27. The zero-order valence-electron chi connectivity index (χ0n) is 20.0. The van der Waals surface area contributed by atoms with E-state index in [0.717, 1.165) is 0 Å². The Morgan fingerprint density at radius 2 is 1.30 bits per heavy atom. The van der Waals surface area contributed by atoms with Crippen LogP contribution in [0.4, 0.5) is 0 Å². The van der Waals surface area contributed by atoms with E-state index in [9.17, 15) is 0 Å². The van der Waals surface area contributed by atoms with Gasteiger partial charge in [-0.15, -0.1) is 0 Å². The van der Waals surface area contributed by atoms with Crippen molar-refractivity contribution in [1.29, 1.82) is 0 Å². The predicted octanol–water partition coefficient (Wildman–Crippen LogP) is 8.03. The van der Waals surface area contributed by atoms with E-state index in [1.807, 2.05) is 0 Å². The van der Waals surface area contributed by atoms with Gasteiger partial charge in [-0.25, -0.2) is 0 Å². The molecule has 30 heavy (non-hydrogen) atoms. The summed E-state index contributed by atoms with van der Waals surface area (Å²) in [5, 5.41) is 0. The second-order valence-corrected chi connectivity index (χ2v) is 18.8. The normalized spacial score (nSPS) is 15.8. The Morgan fingerprint density at radius 3 is 1.67 bits per heavy atom. The molecule has 2 aliphatic carbocycles. The van der Waals surface area contributed by atoms with E-state index in [0.29, 0.717) is 3.63 Å². The zero-order chi connectivity index (χ0) is 21.8. The molecule has 0 heterocycles. The molecule has 2 aromatic carbocycles. The molecule has 0 atom stereocenters. The van der Waals surface area contributed by atoms with Crippen LogP contribution in [0.2, 0.25) is 0 Å². The van der Waals surface area contributed by atoms with Crippen molar-refractivity contribution >= 4 is 3.21 Å². The van der Waals surface area contributed by atoms with Crippen LogP contribution in [0.25, 0.3) is 11.1 Å². The minimum atomic E-state index is -2.01. The third-order valence-corrected chi connectivity index (χ3v) is 14.9. The Kier molecular flexibility index (Phi) is 5.59. The van der Waals surface area contributed by atoms with Gasteiger partial charge in [-0.2, -0.15) is 0 Å². The number of rotatable bonds is 2. The molecular weight excluding hydrogens is 440 g/mol. The van der Waals surface area contributed by atoms with Gasteiger partial charge in [0, 0.05) is 0 Å². The van der Waals surface area contributed by atoms with Crippen LogP contribution >= 0.6 is 0 Å². The first-order valence-electron chi connectivity index (χ1n) is 11.3. The molecule has 4 rings (SSSR count). The topological polar surface area (TPSA) is 0 Å². The van der Waals surface area contributed by atoms with Crippen molar-refractivity contribution in [3.8, 4) is 11.1 Å². The molecule has 0 fully saturated rings. The van der Waals surface area contributed by atoms with Crippen LogP contribution in [0.3, 0.4) is 0 Å². The molecule has 0 spiro atoms. The first-order valence-corrected chi connectivity index (χ1v) is 15.2. The Morgan fingerprint density at radius 1 is 0.800 bits per heavy atom. The van der Waals surface area contributed by atoms with E-state index in [4.69, 9.17) is 0 Å². The molecule has 0 aliphatic heterocycles. The Hall–Kier alpha value is -1.33. The van der Waals surface area contributed by atoms with Gasteiger partial charge in [-0.1, -0.05) is 0 Å². The van der Waals surface area contributed by atoms with Gasteiger partial charge < -0.3 is 0 Å². The van der Waals surface area contributed by atoms with Crippen molar-refractivity contribution in [3.63, 3.8) is 0 Å². The standard InChI is InChI=1S/C21H25.C5H5.C3H6.Zr/c1-20(2,3)16-9-7-14-11-15-8-10-17(21(4,5)6)13-19(15)18(14)12-16;1-2-4-5-3-1;1-3-2;/h7-13H,1-6H3;1-3H,4H2;1-2H3;. The van der Waals surface area contributed by atoms with Crippen molar-refractivity contribution < 1.29 is 21.3 Å². The molecule has 0 bridgehead atoms. The van der Waals surface area contributed by atoms with Crippen molar-refractivity contribution in [2.24, 2.45) is 0 Å². The first kappa shape index (κ1) is 21.9. The van der Waals surface area contributed by atoms with Crippen LogP contribution in [0.1, 0.15) is 87.7 Å². The summed E-state index contributed by atoms with van der Waals surface area (Å²) >= 11 is -2.01. The summed E-state index contributed by atoms with van der Waals surface area (Å²) in [6.07, 6.45) is 8.23. The third kappa shape index (κ3) is 3.84. The number of benzene rings is 2. The number of hydrogen-bond donors (Lipinski definition) is 0. The second kappa shape index (κ2) is 7.67. The van der Waals surface area contributed by atoms with Crippen LogP contribution in [0.5, 0.6) is 0 Å². The van der Waals surface area contributed by atoms with Gasteiger partial charge in [-0.05, 0) is 0 Å². The van der Waals surface area contributed by atoms with Gasteiger partial charge in [0.05, 0.1) is 0 Å². The molecule has 0 nitrogen and oxygen atoms in total. The molecule has 1 heteroatoms. The fourth-order valence-electron chi connectivity index (χ4n) is 4.94. The summed E-state index contributed by atoms with van der Waals surface area (Å²) in [4.78, 5) is 0. The molecule has 0 aromatic heterocycles. The average molecular weight is 476 g/mol. The fourth-order valence-corrected chi connectivity index (χ4v) is 13.1. The van der Waals surface area contributed by atoms with E-state index in [1.165, 1.54) is 28.7 Å². The molecule has 0 amide bonds. The van der Waals surface area contributed by atoms with Crippen LogP contribution in [0.15, 0.2) is 57.9 Å². The van der Waals surface area contributed by atoms with Gasteiger partial charge in [0.1, 0.15) is 0 Å². The summed E-state index contributed by atoms with van der Waals surface area (Å²) < 4.78 is 4.06. The Balaban J connectivity index is 1.98. The van der Waals surface area contributed by atoms with Gasteiger partial charge in [0.25, 0.3) is 0 Å². The quantitative estimate of drug-likeness (QED) is 0.412. The van der Waals surface area contributed by atoms with Crippen LogP contribution in [-0.2, 0) is 32.1 Å². The van der Waals surface area contributed by atoms with E-state index in [2.05, 4.69) is 110 Å². The van der Waals surface area contributed by atoms with E-state index >= 15 is 0 Å². The van der Waals surface area contributed by atoms with Crippen LogP contribution in [0, 0.1) is 0 Å². The molecule has 0 saturated carbocycles. The van der Waals surface area contributed by atoms with Crippen molar-refractivity contribution in [1.82, 2.24) is 0 Å². The monoisotopic (exact) mass is 474 g/mol. The Labute approximate surface area is 191 Å². The summed E-state index contributed by atoms with van der Waals surface area (Å²) in [5.41, 5.74) is 9.40. The van der Waals surface area contributed by atoms with Gasteiger partial charge >= 0.3 is 192 Å². The van der Waals surface area contributed by atoms with E-state index in [-0.39, 0.29) is 10.8 Å². The first-order chi connectivity index (χ1) is 14.0. The SMILES string of the molecule is C[C](C)=[Zr]([C]1=CC=CC1)[CH]1c2ccc(C(C)(C)C)cc2-c2cc(C(C)(C)C)ccc21. The van der Waals surface area contributed by atoms with Crippen molar-refractivity contribution in [2.45, 2.75) is 76.3 Å². The zero-order valence-corrected chi connectivity index (χ0v) is 22.4. The van der Waals surface area contributed by atoms with E-state index < -0.39 is 21.3 Å². The molecule has 0 unspecified atom stereocenters. The summed E-state index contributed by atoms with van der Waals surface area (Å²) in [5.74, 6) is 0. The molecule has 0 radical (unpaired) electrons. The molecular formula is C29H36Zr. The summed E-state index contributed by atoms with van der Waals surface area (Å²) in [6.45, 7) is 18.8. The molecule has 0 N–H and O–H groups in total. The van der Waals surface area contributed by atoms with Crippen LogP contribution in [-0.4, -0.2) is 3.21 Å². The van der Waals surface area contributed by atoms with Gasteiger partial charge in [0.2, 0.25) is 0 Å². The molecule has 0 saturated heterocycles. The maximum atomic E-state index is 2.51. The number of hydrogen-bond acceptors (Lipinski definition) is 0. The fraction of sp³-hybridized carbons (Fsp3) is 0.414. The number of allylic oxidation sites excluding steroid dienone is 4. The van der Waals surface area contributed by atoms with Crippen LogP contribution < -0.4 is 0 Å². The predicted molar refractivity (Wildman–Crippen MR) is 129 cm³/mol. The minimum absolute atomic E-state index is 0.168. The third-order valence-electron chi connectivity index (χ3n) is 6.70. The summed E-state index contributed by atoms with van der Waals surface area (Å²) in [7, 11) is 0. The Bertz CT molecular complexity index is 1030. The van der Waals surface area contributed by atoms with Gasteiger partial charge in [-0.3, -0.25) is 0 Å². The summed E-state index contributed by atoms with van der Waals surface area (Å²) in [6, 6.07) is 14.8. The van der Waals surface area contributed by atoms with Crippen molar-refractivity contribution in [3.05, 3.63) is 80.2 Å². The van der Waals surface area contributed by atoms with Gasteiger partial charge in [0.15, 0.2) is 0 Å². The molecule has 2 aliphatic rings. The maximum absolute atomic E-state index is 2.51. The number of fused-ring (bicyclic) bond motifs is 3.